The Labute approximate surface area is 358 Å². The molecule has 1 atom stereocenters. The first-order chi connectivity index (χ1) is 28.2. The summed E-state index contributed by atoms with van der Waals surface area (Å²) in [6, 6.07) is -1.11. The van der Waals surface area contributed by atoms with Gasteiger partial charge >= 0.3 is 23.9 Å². The number of rotatable bonds is 29. The van der Waals surface area contributed by atoms with Crippen molar-refractivity contribution in [3.05, 3.63) is 8.96 Å². The average molecular weight is 977 g/mol. The van der Waals surface area contributed by atoms with Crippen LogP contribution in [0.3, 0.4) is 0 Å². The highest BCUT2D eigenvalue weighted by Crippen LogP contribution is 2.29. The molecule has 0 aromatic heterocycles. The highest BCUT2D eigenvalue weighted by Gasteiger charge is 2.35. The maximum absolute atomic E-state index is 12.6. The number of carbonyl (C=O) groups is 7. The predicted octanol–water partition coefficient (Wildman–Crippen LogP) is -1.74. The van der Waals surface area contributed by atoms with Gasteiger partial charge in [-0.05, 0) is 38.3 Å². The quantitative estimate of drug-likeness (QED) is 0.0411. The molecule has 1 unspecified atom stereocenters. The Morgan fingerprint density at radius 1 is 0.559 bits per heavy atom. The van der Waals surface area contributed by atoms with E-state index in [0.717, 1.165) is 4.90 Å². The molecule has 3 amide bonds. The number of aliphatic carboxylic acids is 4. The van der Waals surface area contributed by atoms with Crippen molar-refractivity contribution in [2.24, 2.45) is 0 Å². The number of hydrogen-bond acceptors (Lipinski definition) is 16. The summed E-state index contributed by atoms with van der Waals surface area (Å²) >= 11 is 6.14. The molecule has 0 aromatic rings. The summed E-state index contributed by atoms with van der Waals surface area (Å²) in [5.41, 5.74) is 0. The summed E-state index contributed by atoms with van der Waals surface area (Å²) in [5, 5.41) is 41.0. The first-order valence-electron chi connectivity index (χ1n) is 19.1. The molecule has 0 aliphatic carbocycles. The predicted molar refractivity (Wildman–Crippen MR) is 213 cm³/mol. The average Bonchev–Trinajstić information content (AvgIpc) is 3.35. The van der Waals surface area contributed by atoms with Crippen molar-refractivity contribution in [2.75, 3.05) is 151 Å². The van der Waals surface area contributed by atoms with Crippen LogP contribution in [-0.4, -0.2) is 244 Å². The number of carbonyl (C=O) groups excluding carboxylic acids is 3. The maximum atomic E-state index is 12.6. The van der Waals surface area contributed by atoms with Crippen LogP contribution in [0.15, 0.2) is 8.96 Å². The summed E-state index contributed by atoms with van der Waals surface area (Å²) in [4.78, 5) is 90.9. The highest BCUT2D eigenvalue weighted by molar-refractivity contribution is 9.14. The van der Waals surface area contributed by atoms with Crippen molar-refractivity contribution < 1.29 is 77.7 Å². The minimum atomic E-state index is -1.18. The lowest BCUT2D eigenvalue weighted by atomic mass is 10.1. The van der Waals surface area contributed by atoms with E-state index in [1.54, 1.807) is 19.6 Å². The van der Waals surface area contributed by atoms with Crippen molar-refractivity contribution in [3.8, 4) is 0 Å². The van der Waals surface area contributed by atoms with Crippen LogP contribution >= 0.6 is 31.9 Å². The molecule has 22 nitrogen and oxygen atoms in total. The molecule has 2 rings (SSSR count). The lowest BCUT2D eigenvalue weighted by molar-refractivity contribution is -0.145. The van der Waals surface area contributed by atoms with Crippen molar-refractivity contribution in [3.63, 3.8) is 0 Å². The molecule has 0 aromatic carbocycles. The van der Waals surface area contributed by atoms with Crippen molar-refractivity contribution in [1.29, 1.82) is 0 Å². The molecule has 0 radical (unpaired) electrons. The second-order valence-electron chi connectivity index (χ2n) is 13.2. The molecule has 2 heterocycles. The van der Waals surface area contributed by atoms with Gasteiger partial charge in [-0.2, -0.15) is 0 Å². The number of carboxylic acid groups (broad SMARTS) is 4. The van der Waals surface area contributed by atoms with E-state index >= 15 is 0 Å². The van der Waals surface area contributed by atoms with Crippen LogP contribution in [0.5, 0.6) is 0 Å². The number of imide groups is 1. The van der Waals surface area contributed by atoms with Gasteiger partial charge in [-0.15, -0.1) is 0 Å². The molecule has 2 aliphatic heterocycles. The summed E-state index contributed by atoms with van der Waals surface area (Å²) in [7, 11) is 0. The number of halogens is 2. The van der Waals surface area contributed by atoms with Crippen molar-refractivity contribution >= 4 is 73.5 Å². The smallest absolute Gasteiger partial charge is 0.320 e. The van der Waals surface area contributed by atoms with Crippen LogP contribution < -0.4 is 5.32 Å². The SMILES string of the molecule is O=C(O)CN1CCN(CC(=O)O)CCN(C(CCC(=O)NCCOCCOCCOCCOCCOCCN2C(=O)C(Br)=C(Br)C2=O)C(=O)O)CCN(CC(=O)O)CC1. The van der Waals surface area contributed by atoms with Crippen LogP contribution in [0.4, 0.5) is 0 Å². The molecule has 0 spiro atoms. The van der Waals surface area contributed by atoms with Gasteiger partial charge in [-0.3, -0.25) is 58.1 Å². The summed E-state index contributed by atoms with van der Waals surface area (Å²) < 4.78 is 27.6. The van der Waals surface area contributed by atoms with Gasteiger partial charge in [0.05, 0.1) is 92.2 Å². The lowest BCUT2D eigenvalue weighted by Crippen LogP contribution is -2.52. The van der Waals surface area contributed by atoms with E-state index in [9.17, 15) is 54.0 Å². The molecule has 1 fully saturated rings. The van der Waals surface area contributed by atoms with Crippen molar-refractivity contribution in [1.82, 2.24) is 29.8 Å². The number of nitrogens with zero attached hydrogens (tertiary/aromatic N) is 5. The zero-order chi connectivity index (χ0) is 43.6. The molecule has 0 saturated carbocycles. The van der Waals surface area contributed by atoms with E-state index in [4.69, 9.17) is 23.7 Å². The minimum absolute atomic E-state index is 0.0504. The maximum Gasteiger partial charge on any atom is 0.320 e. The summed E-state index contributed by atoms with van der Waals surface area (Å²) in [6.45, 7) is 3.62. The van der Waals surface area contributed by atoms with Gasteiger partial charge in [0.2, 0.25) is 5.91 Å². The monoisotopic (exact) mass is 974 g/mol. The van der Waals surface area contributed by atoms with Crippen LogP contribution in [0.1, 0.15) is 12.8 Å². The third kappa shape index (κ3) is 22.3. The second kappa shape index (κ2) is 30.0. The molecule has 59 heavy (non-hydrogen) atoms. The Morgan fingerprint density at radius 3 is 1.29 bits per heavy atom. The standard InChI is InChI=1S/C35H56Br2N6O16/c36-31-32(37)34(52)43(33(31)51)12-14-56-16-18-58-20-22-59-21-19-57-17-15-55-13-3-38-27(44)2-1-26(35(53)54)42-10-8-40(24-29(47)48)6-4-39(23-28(45)46)5-7-41(9-11-42)25-30(49)50/h26H,1-25H2,(H,38,44)(H,45,46)(H,47,48)(H,49,50)(H,53,54). The molecular weight excluding hydrogens is 920 g/mol. The first kappa shape index (κ1) is 52.0. The number of carboxylic acids is 4. The van der Waals surface area contributed by atoms with E-state index in [1.807, 2.05) is 0 Å². The third-order valence-corrected chi connectivity index (χ3v) is 10.9. The fourth-order valence-corrected chi connectivity index (χ4v) is 6.62. The van der Waals surface area contributed by atoms with Crippen LogP contribution in [0.25, 0.3) is 0 Å². The molecular formula is C35H56Br2N6O16. The number of hydrogen-bond donors (Lipinski definition) is 5. The van der Waals surface area contributed by atoms with Crippen LogP contribution in [-0.2, 0) is 57.2 Å². The molecule has 1 saturated heterocycles. The Balaban J connectivity index is 1.61. The Bertz CT molecular complexity index is 1360. The zero-order valence-electron chi connectivity index (χ0n) is 32.9. The van der Waals surface area contributed by atoms with Gasteiger partial charge in [-0.25, -0.2) is 0 Å². The van der Waals surface area contributed by atoms with E-state index in [0.29, 0.717) is 46.2 Å². The van der Waals surface area contributed by atoms with E-state index < -0.39 is 41.7 Å². The van der Waals surface area contributed by atoms with Gasteiger partial charge in [-0.1, -0.05) is 0 Å². The summed E-state index contributed by atoms with van der Waals surface area (Å²) in [5.74, 6) is -5.65. The van der Waals surface area contributed by atoms with Crippen LogP contribution in [0.2, 0.25) is 0 Å². The zero-order valence-corrected chi connectivity index (χ0v) is 36.1. The second-order valence-corrected chi connectivity index (χ2v) is 14.8. The fraction of sp³-hybridized carbons (Fsp3) is 0.743. The number of ether oxygens (including phenoxy) is 5. The molecule has 5 N–H and O–H groups in total. The Morgan fingerprint density at radius 2 is 0.915 bits per heavy atom. The van der Waals surface area contributed by atoms with Crippen molar-refractivity contribution in [2.45, 2.75) is 18.9 Å². The molecule has 24 heteroatoms. The van der Waals surface area contributed by atoms with Gasteiger partial charge in [0.25, 0.3) is 11.8 Å². The lowest BCUT2D eigenvalue weighted by Gasteiger charge is -2.35. The molecule has 2 aliphatic rings. The fourth-order valence-electron chi connectivity index (χ4n) is 5.85. The first-order valence-corrected chi connectivity index (χ1v) is 20.6. The van der Waals surface area contributed by atoms with Gasteiger partial charge < -0.3 is 49.4 Å². The highest BCUT2D eigenvalue weighted by atomic mass is 79.9. The largest absolute Gasteiger partial charge is 0.480 e. The topological polar surface area (TPSA) is 275 Å². The van der Waals surface area contributed by atoms with E-state index in [1.165, 1.54) is 0 Å². The van der Waals surface area contributed by atoms with E-state index in [2.05, 4.69) is 37.2 Å². The normalized spacial score (nSPS) is 17.5. The van der Waals surface area contributed by atoms with Gasteiger partial charge in [0, 0.05) is 65.3 Å². The number of amides is 3. The number of nitrogens with one attached hydrogen (secondary N) is 1. The van der Waals surface area contributed by atoms with E-state index in [-0.39, 0.29) is 133 Å². The van der Waals surface area contributed by atoms with Crippen LogP contribution in [0, 0.1) is 0 Å². The third-order valence-electron chi connectivity index (χ3n) is 8.89. The molecule has 0 bridgehead atoms. The van der Waals surface area contributed by atoms with Gasteiger partial charge in [0.15, 0.2) is 0 Å². The Kier molecular flexibility index (Phi) is 26.4. The minimum Gasteiger partial charge on any atom is -0.480 e. The molecule has 336 valence electrons. The Hall–Kier alpha value is -3.17. The summed E-state index contributed by atoms with van der Waals surface area (Å²) in [6.07, 6.45) is -0.164. The van der Waals surface area contributed by atoms with Gasteiger partial charge in [0.1, 0.15) is 15.0 Å².